The second kappa shape index (κ2) is 4.75. The van der Waals surface area contributed by atoms with Gasteiger partial charge >= 0.3 is 6.36 Å². The molecule has 0 saturated carbocycles. The standard InChI is InChI=1S/C13H14F3NO2/c1-12(7-6-11(18)17-12)8-9-2-4-10(5-3-9)19-13(14,15)16/h2-5H,6-8H2,1H3,(H,17,18). The molecule has 1 amide bonds. The number of halogens is 3. The fourth-order valence-corrected chi connectivity index (χ4v) is 2.24. The van der Waals surface area contributed by atoms with Gasteiger partial charge in [-0.15, -0.1) is 13.2 Å². The number of rotatable bonds is 3. The molecule has 0 spiro atoms. The molecular formula is C13H14F3NO2. The number of ether oxygens (including phenoxy) is 1. The summed E-state index contributed by atoms with van der Waals surface area (Å²) >= 11 is 0. The lowest BCUT2D eigenvalue weighted by Gasteiger charge is -2.24. The predicted octanol–water partition coefficient (Wildman–Crippen LogP) is 2.80. The molecule has 1 saturated heterocycles. The Morgan fingerprint density at radius 2 is 1.95 bits per heavy atom. The Labute approximate surface area is 108 Å². The van der Waals surface area contributed by atoms with Crippen LogP contribution in [0.4, 0.5) is 13.2 Å². The molecule has 1 aromatic carbocycles. The minimum atomic E-state index is -4.67. The molecule has 0 aliphatic carbocycles. The van der Waals surface area contributed by atoms with E-state index in [0.29, 0.717) is 12.8 Å². The number of benzene rings is 1. The Kier molecular flexibility index (Phi) is 3.43. The number of carbonyl (C=O) groups is 1. The van der Waals surface area contributed by atoms with Gasteiger partial charge in [-0.2, -0.15) is 0 Å². The van der Waals surface area contributed by atoms with Gasteiger partial charge in [0.1, 0.15) is 5.75 Å². The topological polar surface area (TPSA) is 38.3 Å². The van der Waals surface area contributed by atoms with E-state index in [9.17, 15) is 18.0 Å². The number of carbonyl (C=O) groups excluding carboxylic acids is 1. The van der Waals surface area contributed by atoms with Crippen molar-refractivity contribution in [1.82, 2.24) is 5.32 Å². The van der Waals surface area contributed by atoms with E-state index in [1.165, 1.54) is 12.1 Å². The molecule has 1 unspecified atom stereocenters. The van der Waals surface area contributed by atoms with Crippen LogP contribution in [0.5, 0.6) is 5.75 Å². The van der Waals surface area contributed by atoms with Crippen molar-refractivity contribution in [3.05, 3.63) is 29.8 Å². The smallest absolute Gasteiger partial charge is 0.406 e. The van der Waals surface area contributed by atoms with Gasteiger partial charge in [-0.1, -0.05) is 12.1 Å². The van der Waals surface area contributed by atoms with Crippen molar-refractivity contribution >= 4 is 5.91 Å². The Morgan fingerprint density at radius 3 is 2.42 bits per heavy atom. The second-order valence-electron chi connectivity index (χ2n) is 4.98. The average molecular weight is 273 g/mol. The first-order chi connectivity index (χ1) is 8.76. The van der Waals surface area contributed by atoms with E-state index in [4.69, 9.17) is 0 Å². The quantitative estimate of drug-likeness (QED) is 0.919. The number of nitrogens with one attached hydrogen (secondary N) is 1. The summed E-state index contributed by atoms with van der Waals surface area (Å²) in [5.74, 6) is -0.226. The van der Waals surface area contributed by atoms with Gasteiger partial charge in [0.05, 0.1) is 0 Å². The summed E-state index contributed by atoms with van der Waals surface area (Å²) in [6.45, 7) is 1.93. The Hall–Kier alpha value is -1.72. The summed E-state index contributed by atoms with van der Waals surface area (Å²) in [7, 11) is 0. The van der Waals surface area contributed by atoms with Crippen molar-refractivity contribution < 1.29 is 22.7 Å². The van der Waals surface area contributed by atoms with Crippen LogP contribution >= 0.6 is 0 Å². The highest BCUT2D eigenvalue weighted by atomic mass is 19.4. The molecule has 1 heterocycles. The molecular weight excluding hydrogens is 259 g/mol. The molecule has 1 aromatic rings. The molecule has 0 radical (unpaired) electrons. The Morgan fingerprint density at radius 1 is 1.32 bits per heavy atom. The lowest BCUT2D eigenvalue weighted by Crippen LogP contribution is -2.40. The predicted molar refractivity (Wildman–Crippen MR) is 62.6 cm³/mol. The summed E-state index contributed by atoms with van der Waals surface area (Å²) in [5.41, 5.74) is 0.544. The highest BCUT2D eigenvalue weighted by molar-refractivity contribution is 5.79. The number of hydrogen-bond donors (Lipinski definition) is 1. The summed E-state index contributed by atoms with van der Waals surface area (Å²) in [4.78, 5) is 11.2. The minimum absolute atomic E-state index is 0.0134. The summed E-state index contributed by atoms with van der Waals surface area (Å²) in [6.07, 6.45) is -2.86. The van der Waals surface area contributed by atoms with E-state index in [0.717, 1.165) is 12.0 Å². The third kappa shape index (κ3) is 3.87. The van der Waals surface area contributed by atoms with Gasteiger partial charge in [0, 0.05) is 12.0 Å². The summed E-state index contributed by atoms with van der Waals surface area (Å²) < 4.78 is 39.8. The third-order valence-corrected chi connectivity index (χ3v) is 3.10. The zero-order valence-electron chi connectivity index (χ0n) is 10.4. The monoisotopic (exact) mass is 273 g/mol. The van der Waals surface area contributed by atoms with Crippen molar-refractivity contribution in [1.29, 1.82) is 0 Å². The third-order valence-electron chi connectivity index (χ3n) is 3.10. The lowest BCUT2D eigenvalue weighted by molar-refractivity contribution is -0.274. The van der Waals surface area contributed by atoms with Crippen molar-refractivity contribution in [2.45, 2.75) is 38.1 Å². The number of hydrogen-bond acceptors (Lipinski definition) is 2. The van der Waals surface area contributed by atoms with Crippen molar-refractivity contribution in [3.63, 3.8) is 0 Å². The van der Waals surface area contributed by atoms with Gasteiger partial charge in [-0.25, -0.2) is 0 Å². The van der Waals surface area contributed by atoms with Crippen LogP contribution in [0.3, 0.4) is 0 Å². The van der Waals surface area contributed by atoms with E-state index in [1.54, 1.807) is 12.1 Å². The Balaban J connectivity index is 2.01. The highest BCUT2D eigenvalue weighted by Crippen LogP contribution is 2.27. The molecule has 0 bridgehead atoms. The Bertz CT molecular complexity index is 470. The van der Waals surface area contributed by atoms with Gasteiger partial charge < -0.3 is 10.1 Å². The van der Waals surface area contributed by atoms with Gasteiger partial charge in [0.15, 0.2) is 0 Å². The highest BCUT2D eigenvalue weighted by Gasteiger charge is 2.33. The van der Waals surface area contributed by atoms with Crippen LogP contribution in [0.2, 0.25) is 0 Å². The van der Waals surface area contributed by atoms with Crippen LogP contribution in [0.15, 0.2) is 24.3 Å². The summed E-state index contributed by atoms with van der Waals surface area (Å²) in [6, 6.07) is 5.72. The van der Waals surface area contributed by atoms with Crippen LogP contribution in [0, 0.1) is 0 Å². The first kappa shape index (κ1) is 13.7. The molecule has 0 aromatic heterocycles. The minimum Gasteiger partial charge on any atom is -0.406 e. The number of alkyl halides is 3. The average Bonchev–Trinajstić information content (AvgIpc) is 2.59. The lowest BCUT2D eigenvalue weighted by atomic mass is 9.91. The largest absolute Gasteiger partial charge is 0.573 e. The van der Waals surface area contributed by atoms with E-state index in [2.05, 4.69) is 10.1 Å². The van der Waals surface area contributed by atoms with Gasteiger partial charge in [0.2, 0.25) is 5.91 Å². The molecule has 2 rings (SSSR count). The van der Waals surface area contributed by atoms with Crippen LogP contribution in [0.25, 0.3) is 0 Å². The maximum atomic E-state index is 12.0. The molecule has 104 valence electrons. The van der Waals surface area contributed by atoms with Gasteiger partial charge in [-0.3, -0.25) is 4.79 Å². The first-order valence-corrected chi connectivity index (χ1v) is 5.91. The van der Waals surface area contributed by atoms with Gasteiger partial charge in [-0.05, 0) is 37.5 Å². The molecule has 3 nitrogen and oxygen atoms in total. The van der Waals surface area contributed by atoms with Gasteiger partial charge in [0.25, 0.3) is 0 Å². The van der Waals surface area contributed by atoms with E-state index in [1.807, 2.05) is 6.92 Å². The molecule has 6 heteroatoms. The second-order valence-corrected chi connectivity index (χ2v) is 4.98. The van der Waals surface area contributed by atoms with Crippen molar-refractivity contribution in [2.24, 2.45) is 0 Å². The maximum absolute atomic E-state index is 12.0. The van der Waals surface area contributed by atoms with Crippen LogP contribution in [-0.4, -0.2) is 17.8 Å². The molecule has 19 heavy (non-hydrogen) atoms. The van der Waals surface area contributed by atoms with E-state index >= 15 is 0 Å². The van der Waals surface area contributed by atoms with Crippen molar-refractivity contribution in [3.8, 4) is 5.75 Å². The maximum Gasteiger partial charge on any atom is 0.573 e. The summed E-state index contributed by atoms with van der Waals surface area (Å²) in [5, 5.41) is 2.88. The van der Waals surface area contributed by atoms with E-state index in [-0.39, 0.29) is 17.2 Å². The van der Waals surface area contributed by atoms with E-state index < -0.39 is 6.36 Å². The number of amides is 1. The fourth-order valence-electron chi connectivity index (χ4n) is 2.24. The molecule has 1 aliphatic heterocycles. The molecule has 1 aliphatic rings. The molecule has 1 fully saturated rings. The zero-order chi connectivity index (χ0) is 14.1. The molecule has 1 N–H and O–H groups in total. The van der Waals surface area contributed by atoms with Crippen LogP contribution in [0.1, 0.15) is 25.3 Å². The van der Waals surface area contributed by atoms with Crippen LogP contribution < -0.4 is 10.1 Å². The zero-order valence-corrected chi connectivity index (χ0v) is 10.4. The fraction of sp³-hybridized carbons (Fsp3) is 0.462. The SMILES string of the molecule is CC1(Cc2ccc(OC(F)(F)F)cc2)CCC(=O)N1. The van der Waals surface area contributed by atoms with Crippen LogP contribution in [-0.2, 0) is 11.2 Å². The van der Waals surface area contributed by atoms with Crippen molar-refractivity contribution in [2.75, 3.05) is 0 Å². The normalized spacial score (nSPS) is 23.3. The molecule has 1 atom stereocenters. The first-order valence-electron chi connectivity index (χ1n) is 5.91.